The van der Waals surface area contributed by atoms with Crippen LogP contribution in [-0.2, 0) is 11.0 Å². The average molecular weight is 332 g/mol. The molecule has 0 aliphatic carbocycles. The first kappa shape index (κ1) is 17.0. The van der Waals surface area contributed by atoms with E-state index in [-0.39, 0.29) is 18.3 Å². The minimum atomic E-state index is -4.60. The van der Waals surface area contributed by atoms with Crippen LogP contribution in [0.1, 0.15) is 19.0 Å². The molecule has 1 aromatic rings. The quantitative estimate of drug-likeness (QED) is 0.864. The maximum Gasteiger partial charge on any atom is 0.435 e. The molecular formula is C13H15F3N4O3. The molecule has 2 atom stereocenters. The van der Waals surface area contributed by atoms with Crippen molar-refractivity contribution in [3.63, 3.8) is 0 Å². The van der Waals surface area contributed by atoms with Crippen molar-refractivity contribution in [1.82, 2.24) is 15.1 Å². The highest BCUT2D eigenvalue weighted by atomic mass is 19.4. The summed E-state index contributed by atoms with van der Waals surface area (Å²) in [7, 11) is 0. The van der Waals surface area contributed by atoms with Gasteiger partial charge in [-0.15, -0.1) is 10.2 Å². The lowest BCUT2D eigenvalue weighted by atomic mass is 9.91. The number of likely N-dealkylation sites (tertiary alicyclic amines) is 1. The monoisotopic (exact) mass is 332 g/mol. The van der Waals surface area contributed by atoms with Crippen LogP contribution in [0.4, 0.5) is 23.8 Å². The number of anilines is 1. The van der Waals surface area contributed by atoms with Gasteiger partial charge in [0.25, 0.3) is 0 Å². The molecule has 2 rings (SSSR count). The Labute approximate surface area is 129 Å². The second-order valence-corrected chi connectivity index (χ2v) is 5.51. The molecule has 1 aliphatic heterocycles. The minimum Gasteiger partial charge on any atom is -0.481 e. The lowest BCUT2D eigenvalue weighted by Gasteiger charge is -2.34. The van der Waals surface area contributed by atoms with Gasteiger partial charge in [0.1, 0.15) is 0 Å². The molecule has 126 valence electrons. The maximum absolute atomic E-state index is 12.4. The number of urea groups is 1. The number of piperidine rings is 1. The summed E-state index contributed by atoms with van der Waals surface area (Å²) in [6.45, 7) is 2.23. The summed E-state index contributed by atoms with van der Waals surface area (Å²) < 4.78 is 37.1. The summed E-state index contributed by atoms with van der Waals surface area (Å²) in [5.74, 6) is -1.77. The smallest absolute Gasteiger partial charge is 0.435 e. The van der Waals surface area contributed by atoms with Gasteiger partial charge in [0.2, 0.25) is 0 Å². The molecule has 10 heteroatoms. The van der Waals surface area contributed by atoms with E-state index in [9.17, 15) is 22.8 Å². The molecule has 2 N–H and O–H groups in total. The van der Waals surface area contributed by atoms with Crippen LogP contribution in [0.5, 0.6) is 0 Å². The van der Waals surface area contributed by atoms with Crippen LogP contribution in [0.3, 0.4) is 0 Å². The van der Waals surface area contributed by atoms with E-state index in [4.69, 9.17) is 5.11 Å². The number of nitrogens with one attached hydrogen (secondary N) is 1. The molecule has 0 radical (unpaired) electrons. The van der Waals surface area contributed by atoms with E-state index in [1.54, 1.807) is 0 Å². The van der Waals surface area contributed by atoms with Crippen molar-refractivity contribution >= 4 is 17.8 Å². The van der Waals surface area contributed by atoms with E-state index in [2.05, 4.69) is 15.5 Å². The fourth-order valence-corrected chi connectivity index (χ4v) is 2.44. The van der Waals surface area contributed by atoms with Gasteiger partial charge in [0, 0.05) is 13.1 Å². The number of nitrogens with zero attached hydrogens (tertiary/aromatic N) is 3. The van der Waals surface area contributed by atoms with Crippen LogP contribution >= 0.6 is 0 Å². The molecule has 23 heavy (non-hydrogen) atoms. The number of hydrogen-bond acceptors (Lipinski definition) is 4. The molecule has 1 aliphatic rings. The van der Waals surface area contributed by atoms with Crippen LogP contribution in [0.15, 0.2) is 12.1 Å². The second-order valence-electron chi connectivity index (χ2n) is 5.51. The highest BCUT2D eigenvalue weighted by Crippen LogP contribution is 2.27. The third-order valence-corrected chi connectivity index (χ3v) is 3.49. The Morgan fingerprint density at radius 3 is 2.52 bits per heavy atom. The number of aliphatic carboxylic acids is 1. The van der Waals surface area contributed by atoms with Crippen molar-refractivity contribution in [2.45, 2.75) is 19.5 Å². The highest BCUT2D eigenvalue weighted by Gasteiger charge is 2.34. The van der Waals surface area contributed by atoms with Gasteiger partial charge in [-0.2, -0.15) is 13.2 Å². The van der Waals surface area contributed by atoms with Crippen molar-refractivity contribution in [3.8, 4) is 0 Å². The lowest BCUT2D eigenvalue weighted by molar-refractivity contribution is -0.144. The zero-order chi connectivity index (χ0) is 17.2. The first-order chi connectivity index (χ1) is 10.7. The predicted molar refractivity (Wildman–Crippen MR) is 72.5 cm³/mol. The van der Waals surface area contributed by atoms with Gasteiger partial charge < -0.3 is 10.0 Å². The van der Waals surface area contributed by atoms with Gasteiger partial charge in [0.15, 0.2) is 11.5 Å². The Morgan fingerprint density at radius 2 is 2.00 bits per heavy atom. The molecule has 0 saturated carbocycles. The minimum absolute atomic E-state index is 0.00860. The topological polar surface area (TPSA) is 95.4 Å². The zero-order valence-electron chi connectivity index (χ0n) is 12.2. The molecule has 2 amide bonds. The van der Waals surface area contributed by atoms with Gasteiger partial charge in [-0.3, -0.25) is 10.1 Å². The maximum atomic E-state index is 12.4. The highest BCUT2D eigenvalue weighted by molar-refractivity contribution is 5.88. The summed E-state index contributed by atoms with van der Waals surface area (Å²) in [5.41, 5.74) is -1.16. The van der Waals surface area contributed by atoms with E-state index in [1.807, 2.05) is 6.92 Å². The van der Waals surface area contributed by atoms with Crippen LogP contribution in [0, 0.1) is 11.8 Å². The molecule has 1 aromatic heterocycles. The number of amides is 2. The molecule has 2 heterocycles. The summed E-state index contributed by atoms with van der Waals surface area (Å²) in [5, 5.41) is 17.7. The molecule has 0 aromatic carbocycles. The SMILES string of the molecule is CC1CC(C(=O)O)CN(C(=O)Nc2ccc(C(F)(F)F)nn2)C1. The van der Waals surface area contributed by atoms with E-state index in [0.29, 0.717) is 19.0 Å². The standard InChI is InChI=1S/C13H15F3N4O3/c1-7-4-8(11(21)22)6-20(5-7)12(23)17-10-3-2-9(18-19-10)13(14,15)16/h2-3,7-8H,4-6H2,1H3,(H,21,22)(H,17,19,23). The second kappa shape index (κ2) is 6.39. The average Bonchev–Trinajstić information content (AvgIpc) is 2.46. The number of aromatic nitrogens is 2. The van der Waals surface area contributed by atoms with Crippen LogP contribution in [0.2, 0.25) is 0 Å². The van der Waals surface area contributed by atoms with E-state index in [1.165, 1.54) is 4.90 Å². The Bertz CT molecular complexity index is 591. The van der Waals surface area contributed by atoms with Gasteiger partial charge in [-0.25, -0.2) is 4.79 Å². The van der Waals surface area contributed by atoms with Crippen molar-refractivity contribution in [2.24, 2.45) is 11.8 Å². The predicted octanol–water partition coefficient (Wildman–Crippen LogP) is 2.07. The number of hydrogen-bond donors (Lipinski definition) is 2. The molecular weight excluding hydrogens is 317 g/mol. The van der Waals surface area contributed by atoms with Crippen LogP contribution < -0.4 is 5.32 Å². The van der Waals surface area contributed by atoms with Crippen LogP contribution in [-0.4, -0.2) is 45.3 Å². The van der Waals surface area contributed by atoms with Crippen molar-refractivity contribution in [2.75, 3.05) is 18.4 Å². The number of carboxylic acid groups (broad SMARTS) is 1. The third-order valence-electron chi connectivity index (χ3n) is 3.49. The van der Waals surface area contributed by atoms with Crippen molar-refractivity contribution in [3.05, 3.63) is 17.8 Å². The van der Waals surface area contributed by atoms with E-state index < -0.39 is 29.8 Å². The largest absolute Gasteiger partial charge is 0.481 e. The molecule has 1 saturated heterocycles. The van der Waals surface area contributed by atoms with Crippen molar-refractivity contribution in [1.29, 1.82) is 0 Å². The number of carboxylic acids is 1. The summed E-state index contributed by atoms with van der Waals surface area (Å²) in [6.07, 6.45) is -4.13. The Balaban J connectivity index is 2.02. The summed E-state index contributed by atoms with van der Waals surface area (Å²) in [4.78, 5) is 24.5. The third kappa shape index (κ3) is 4.30. The normalized spacial score (nSPS) is 21.8. The first-order valence-corrected chi connectivity index (χ1v) is 6.86. The fraction of sp³-hybridized carbons (Fsp3) is 0.538. The number of alkyl halides is 3. The number of carbonyl (C=O) groups excluding carboxylic acids is 1. The zero-order valence-corrected chi connectivity index (χ0v) is 12.2. The molecule has 0 spiro atoms. The van der Waals surface area contributed by atoms with Gasteiger partial charge in [-0.1, -0.05) is 6.92 Å². The first-order valence-electron chi connectivity index (χ1n) is 6.86. The number of carbonyl (C=O) groups is 2. The van der Waals surface area contributed by atoms with E-state index >= 15 is 0 Å². The fourth-order valence-electron chi connectivity index (χ4n) is 2.44. The van der Waals surface area contributed by atoms with Gasteiger partial charge in [-0.05, 0) is 24.5 Å². The molecule has 1 fully saturated rings. The number of halogens is 3. The van der Waals surface area contributed by atoms with Crippen molar-refractivity contribution < 1.29 is 27.9 Å². The Hall–Kier alpha value is -2.39. The molecule has 7 nitrogen and oxygen atoms in total. The van der Waals surface area contributed by atoms with Gasteiger partial charge in [0.05, 0.1) is 5.92 Å². The van der Waals surface area contributed by atoms with E-state index in [0.717, 1.165) is 6.07 Å². The van der Waals surface area contributed by atoms with Gasteiger partial charge >= 0.3 is 18.2 Å². The lowest BCUT2D eigenvalue weighted by Crippen LogP contribution is -2.47. The Kier molecular flexibility index (Phi) is 4.71. The molecule has 2 unspecified atom stereocenters. The number of rotatable bonds is 2. The van der Waals surface area contributed by atoms with Crippen LogP contribution in [0.25, 0.3) is 0 Å². The Morgan fingerprint density at radius 1 is 1.30 bits per heavy atom. The summed E-state index contributed by atoms with van der Waals surface area (Å²) in [6, 6.07) is 1.09. The summed E-state index contributed by atoms with van der Waals surface area (Å²) >= 11 is 0. The molecule has 0 bridgehead atoms.